The largest absolute Gasteiger partial charge is 0.435 e. The Hall–Kier alpha value is -1.24. The maximum absolute atomic E-state index is 12.1. The van der Waals surface area contributed by atoms with Gasteiger partial charge in [0.25, 0.3) is 0 Å². The summed E-state index contributed by atoms with van der Waals surface area (Å²) in [5.41, 5.74) is 0.799. The molecule has 0 spiro atoms. The van der Waals surface area contributed by atoms with Gasteiger partial charge in [0.2, 0.25) is 0 Å². The highest BCUT2D eigenvalue weighted by atomic mass is 19.3. The van der Waals surface area contributed by atoms with E-state index in [1.807, 2.05) is 6.92 Å². The summed E-state index contributed by atoms with van der Waals surface area (Å²) in [7, 11) is 1.55. The first-order valence-electron chi connectivity index (χ1n) is 5.97. The fourth-order valence-electron chi connectivity index (χ4n) is 1.76. The van der Waals surface area contributed by atoms with E-state index in [1.54, 1.807) is 25.3 Å². The maximum atomic E-state index is 12.1. The van der Waals surface area contributed by atoms with Crippen molar-refractivity contribution in [3.63, 3.8) is 0 Å². The number of aliphatic hydroxyl groups excluding tert-OH is 1. The molecule has 0 aliphatic carbocycles. The molecule has 0 aliphatic rings. The predicted octanol–water partition coefficient (Wildman–Crippen LogP) is 1.95. The van der Waals surface area contributed by atoms with Gasteiger partial charge in [0.15, 0.2) is 0 Å². The number of hydrogen-bond acceptors (Lipinski definition) is 4. The average molecular weight is 275 g/mol. The number of alkyl halides is 2. The number of ether oxygens (including phenoxy) is 2. The number of methoxy groups -OCH3 is 1. The Labute approximate surface area is 111 Å². The molecule has 0 radical (unpaired) electrons. The van der Waals surface area contributed by atoms with E-state index < -0.39 is 6.61 Å². The molecule has 19 heavy (non-hydrogen) atoms. The number of nitrogens with one attached hydrogen (secondary N) is 1. The van der Waals surface area contributed by atoms with Crippen molar-refractivity contribution in [1.29, 1.82) is 0 Å². The fourth-order valence-corrected chi connectivity index (χ4v) is 1.76. The van der Waals surface area contributed by atoms with E-state index in [9.17, 15) is 8.78 Å². The van der Waals surface area contributed by atoms with Gasteiger partial charge in [-0.15, -0.1) is 0 Å². The Bertz CT molecular complexity index is 377. The molecule has 0 heterocycles. The lowest BCUT2D eigenvalue weighted by Crippen LogP contribution is -2.38. The quantitative estimate of drug-likeness (QED) is 0.761. The molecule has 0 bridgehead atoms. The Kier molecular flexibility index (Phi) is 6.69. The summed E-state index contributed by atoms with van der Waals surface area (Å²) < 4.78 is 33.6. The molecule has 0 amide bonds. The zero-order valence-corrected chi connectivity index (χ0v) is 11.0. The molecule has 108 valence electrons. The van der Waals surface area contributed by atoms with Gasteiger partial charge in [-0.05, 0) is 24.6 Å². The van der Waals surface area contributed by atoms with E-state index in [0.717, 1.165) is 5.56 Å². The van der Waals surface area contributed by atoms with Crippen LogP contribution in [0.3, 0.4) is 0 Å². The highest BCUT2D eigenvalue weighted by Gasteiger charge is 2.13. The van der Waals surface area contributed by atoms with E-state index in [4.69, 9.17) is 9.84 Å². The van der Waals surface area contributed by atoms with Crippen molar-refractivity contribution in [2.24, 2.45) is 0 Å². The molecule has 2 atom stereocenters. The minimum atomic E-state index is -2.84. The third-order valence-electron chi connectivity index (χ3n) is 2.66. The van der Waals surface area contributed by atoms with Crippen molar-refractivity contribution < 1.29 is 23.4 Å². The fraction of sp³-hybridized carbons (Fsp3) is 0.538. The molecule has 1 rings (SSSR count). The smallest absolute Gasteiger partial charge is 0.387 e. The van der Waals surface area contributed by atoms with Gasteiger partial charge in [-0.2, -0.15) is 8.78 Å². The van der Waals surface area contributed by atoms with Gasteiger partial charge in [0.1, 0.15) is 5.75 Å². The lowest BCUT2D eigenvalue weighted by atomic mass is 10.1. The van der Waals surface area contributed by atoms with Gasteiger partial charge in [0, 0.05) is 13.2 Å². The Morgan fingerprint density at radius 2 is 2.11 bits per heavy atom. The van der Waals surface area contributed by atoms with E-state index in [0.29, 0.717) is 6.61 Å². The summed E-state index contributed by atoms with van der Waals surface area (Å²) in [6.45, 7) is -0.656. The van der Waals surface area contributed by atoms with Crippen LogP contribution in [-0.2, 0) is 4.74 Å². The van der Waals surface area contributed by atoms with Crippen LogP contribution in [0.15, 0.2) is 24.3 Å². The van der Waals surface area contributed by atoms with E-state index in [1.165, 1.54) is 6.07 Å². The van der Waals surface area contributed by atoms with Crippen LogP contribution >= 0.6 is 0 Å². The van der Waals surface area contributed by atoms with Crippen LogP contribution in [-0.4, -0.2) is 38.1 Å². The number of benzene rings is 1. The highest BCUT2D eigenvalue weighted by Crippen LogP contribution is 2.20. The summed E-state index contributed by atoms with van der Waals surface area (Å²) in [6, 6.07) is 6.15. The Balaban J connectivity index is 2.67. The normalized spacial score (nSPS) is 14.4. The van der Waals surface area contributed by atoms with Crippen molar-refractivity contribution in [1.82, 2.24) is 5.32 Å². The topological polar surface area (TPSA) is 50.7 Å². The average Bonchev–Trinajstić information content (AvgIpc) is 2.37. The van der Waals surface area contributed by atoms with Crippen LogP contribution in [0.5, 0.6) is 5.75 Å². The zero-order chi connectivity index (χ0) is 14.3. The van der Waals surface area contributed by atoms with Gasteiger partial charge in [-0.25, -0.2) is 0 Å². The Morgan fingerprint density at radius 1 is 1.37 bits per heavy atom. The Morgan fingerprint density at radius 3 is 2.68 bits per heavy atom. The van der Waals surface area contributed by atoms with Crippen molar-refractivity contribution in [3.05, 3.63) is 29.8 Å². The molecule has 0 aliphatic heterocycles. The van der Waals surface area contributed by atoms with Crippen LogP contribution in [0, 0.1) is 0 Å². The van der Waals surface area contributed by atoms with E-state index in [-0.39, 0.29) is 24.4 Å². The number of aliphatic hydroxyl groups is 1. The van der Waals surface area contributed by atoms with Gasteiger partial charge in [-0.3, -0.25) is 0 Å². The summed E-state index contributed by atoms with van der Waals surface area (Å²) in [5, 5.41) is 12.3. The van der Waals surface area contributed by atoms with Crippen molar-refractivity contribution >= 4 is 0 Å². The monoisotopic (exact) mass is 275 g/mol. The second kappa shape index (κ2) is 8.04. The zero-order valence-electron chi connectivity index (χ0n) is 11.0. The SMILES string of the molecule is COCC(CO)NC(C)c1cccc(OC(F)F)c1. The van der Waals surface area contributed by atoms with Crippen LogP contribution in [0.4, 0.5) is 8.78 Å². The molecule has 0 saturated carbocycles. The number of hydrogen-bond donors (Lipinski definition) is 2. The molecular weight excluding hydrogens is 256 g/mol. The van der Waals surface area contributed by atoms with Crippen LogP contribution in [0.1, 0.15) is 18.5 Å². The maximum Gasteiger partial charge on any atom is 0.387 e. The third kappa shape index (κ3) is 5.50. The minimum absolute atomic E-state index is 0.0641. The molecule has 0 saturated heterocycles. The molecule has 6 heteroatoms. The summed E-state index contributed by atoms with van der Waals surface area (Å²) >= 11 is 0. The number of rotatable bonds is 8. The van der Waals surface area contributed by atoms with Gasteiger partial charge in [0.05, 0.1) is 19.3 Å². The lowest BCUT2D eigenvalue weighted by Gasteiger charge is -2.21. The molecule has 0 aromatic heterocycles. The van der Waals surface area contributed by atoms with E-state index >= 15 is 0 Å². The molecule has 4 nitrogen and oxygen atoms in total. The molecular formula is C13H19F2NO3. The van der Waals surface area contributed by atoms with Crippen LogP contribution in [0.2, 0.25) is 0 Å². The second-order valence-corrected chi connectivity index (χ2v) is 4.17. The summed E-state index contributed by atoms with van der Waals surface area (Å²) in [5.74, 6) is 0.119. The van der Waals surface area contributed by atoms with Crippen molar-refractivity contribution in [2.45, 2.75) is 25.6 Å². The van der Waals surface area contributed by atoms with Gasteiger partial charge in [-0.1, -0.05) is 12.1 Å². The number of halogens is 2. The molecule has 0 fully saturated rings. The van der Waals surface area contributed by atoms with Gasteiger partial charge >= 0.3 is 6.61 Å². The first kappa shape index (κ1) is 15.8. The van der Waals surface area contributed by atoms with Crippen molar-refractivity contribution in [2.75, 3.05) is 20.3 Å². The molecule has 1 aromatic rings. The molecule has 2 N–H and O–H groups in total. The standard InChI is InChI=1S/C13H19F2NO3/c1-9(16-11(7-17)8-18-2)10-4-3-5-12(6-10)19-13(14)15/h3-6,9,11,13,16-17H,7-8H2,1-2H3. The molecule has 2 unspecified atom stereocenters. The third-order valence-corrected chi connectivity index (χ3v) is 2.66. The molecule has 1 aromatic carbocycles. The second-order valence-electron chi connectivity index (χ2n) is 4.17. The predicted molar refractivity (Wildman–Crippen MR) is 67.4 cm³/mol. The first-order chi connectivity index (χ1) is 9.06. The first-order valence-corrected chi connectivity index (χ1v) is 5.97. The van der Waals surface area contributed by atoms with Crippen LogP contribution in [0.25, 0.3) is 0 Å². The summed E-state index contributed by atoms with van der Waals surface area (Å²) in [6.07, 6.45) is 0. The van der Waals surface area contributed by atoms with Crippen LogP contribution < -0.4 is 10.1 Å². The summed E-state index contributed by atoms with van der Waals surface area (Å²) in [4.78, 5) is 0. The highest BCUT2D eigenvalue weighted by molar-refractivity contribution is 5.30. The van der Waals surface area contributed by atoms with E-state index in [2.05, 4.69) is 10.1 Å². The van der Waals surface area contributed by atoms with Crippen molar-refractivity contribution in [3.8, 4) is 5.75 Å². The minimum Gasteiger partial charge on any atom is -0.435 e. The van der Waals surface area contributed by atoms with Gasteiger partial charge < -0.3 is 19.9 Å². The lowest BCUT2D eigenvalue weighted by molar-refractivity contribution is -0.0499.